The van der Waals surface area contributed by atoms with E-state index in [4.69, 9.17) is 9.94 Å². The van der Waals surface area contributed by atoms with E-state index in [-0.39, 0.29) is 24.1 Å². The van der Waals surface area contributed by atoms with Crippen LogP contribution in [0.15, 0.2) is 54.7 Å². The zero-order chi connectivity index (χ0) is 18.4. The van der Waals surface area contributed by atoms with Crippen LogP contribution in [0.3, 0.4) is 0 Å². The third-order valence-corrected chi connectivity index (χ3v) is 3.99. The second-order valence-electron chi connectivity index (χ2n) is 5.70. The SMILES string of the molecule is C=C(/C=C\C=C/C)[C@H]1COc2cc(C(=O)NO)ccc2CN1C(C)=O. The van der Waals surface area contributed by atoms with E-state index < -0.39 is 5.91 Å². The molecule has 0 fully saturated rings. The number of amides is 2. The number of hydroxylamine groups is 1. The van der Waals surface area contributed by atoms with Gasteiger partial charge in [0.05, 0.1) is 12.6 Å². The zero-order valence-corrected chi connectivity index (χ0v) is 14.4. The number of nitrogens with one attached hydrogen (secondary N) is 1. The highest BCUT2D eigenvalue weighted by atomic mass is 16.5. The fraction of sp³-hybridized carbons (Fsp3) is 0.263. The van der Waals surface area contributed by atoms with Gasteiger partial charge in [-0.15, -0.1) is 0 Å². The first-order chi connectivity index (χ1) is 12.0. The smallest absolute Gasteiger partial charge is 0.274 e. The number of fused-ring (bicyclic) bond motifs is 1. The van der Waals surface area contributed by atoms with Crippen molar-refractivity contribution in [1.29, 1.82) is 0 Å². The molecule has 6 nitrogen and oxygen atoms in total. The molecule has 0 saturated carbocycles. The summed E-state index contributed by atoms with van der Waals surface area (Å²) in [6.45, 7) is 8.07. The molecule has 1 atom stereocenters. The summed E-state index contributed by atoms with van der Waals surface area (Å²) in [6, 6.07) is 4.55. The average Bonchev–Trinajstić information content (AvgIpc) is 2.80. The highest BCUT2D eigenvalue weighted by Gasteiger charge is 2.28. The first-order valence-electron chi connectivity index (χ1n) is 7.93. The lowest BCUT2D eigenvalue weighted by Crippen LogP contribution is -2.41. The van der Waals surface area contributed by atoms with E-state index in [0.717, 1.165) is 11.1 Å². The van der Waals surface area contributed by atoms with E-state index in [2.05, 4.69) is 6.58 Å². The highest BCUT2D eigenvalue weighted by molar-refractivity contribution is 5.93. The van der Waals surface area contributed by atoms with Crippen molar-refractivity contribution in [2.45, 2.75) is 26.4 Å². The van der Waals surface area contributed by atoms with Crippen LogP contribution in [-0.4, -0.2) is 34.6 Å². The largest absolute Gasteiger partial charge is 0.491 e. The minimum atomic E-state index is -0.616. The average molecular weight is 342 g/mol. The van der Waals surface area contributed by atoms with Crippen molar-refractivity contribution < 1.29 is 19.5 Å². The third-order valence-electron chi connectivity index (χ3n) is 3.99. The predicted molar refractivity (Wildman–Crippen MR) is 94.3 cm³/mol. The summed E-state index contributed by atoms with van der Waals surface area (Å²) >= 11 is 0. The van der Waals surface area contributed by atoms with Gasteiger partial charge in [-0.25, -0.2) is 5.48 Å². The minimum absolute atomic E-state index is 0.0841. The summed E-state index contributed by atoms with van der Waals surface area (Å²) < 4.78 is 5.84. The number of benzene rings is 1. The van der Waals surface area contributed by atoms with Crippen molar-refractivity contribution in [1.82, 2.24) is 10.4 Å². The molecule has 1 heterocycles. The summed E-state index contributed by atoms with van der Waals surface area (Å²) in [7, 11) is 0. The van der Waals surface area contributed by atoms with E-state index in [1.807, 2.05) is 31.2 Å². The Kier molecular flexibility index (Phi) is 6.14. The maximum atomic E-state index is 12.1. The van der Waals surface area contributed by atoms with Gasteiger partial charge in [0.1, 0.15) is 12.4 Å². The Bertz CT molecular complexity index is 737. The van der Waals surface area contributed by atoms with E-state index in [1.54, 1.807) is 28.6 Å². The Morgan fingerprint density at radius 2 is 2.16 bits per heavy atom. The lowest BCUT2D eigenvalue weighted by molar-refractivity contribution is -0.131. The molecule has 132 valence electrons. The molecular weight excluding hydrogens is 320 g/mol. The van der Waals surface area contributed by atoms with Gasteiger partial charge in [-0.2, -0.15) is 0 Å². The Balaban J connectivity index is 2.31. The van der Waals surface area contributed by atoms with Gasteiger partial charge in [-0.05, 0) is 24.6 Å². The van der Waals surface area contributed by atoms with E-state index in [0.29, 0.717) is 12.3 Å². The van der Waals surface area contributed by atoms with Crippen molar-refractivity contribution in [2.24, 2.45) is 0 Å². The quantitative estimate of drug-likeness (QED) is 0.501. The zero-order valence-electron chi connectivity index (χ0n) is 14.4. The van der Waals surface area contributed by atoms with Crippen LogP contribution in [0.4, 0.5) is 0 Å². The minimum Gasteiger partial charge on any atom is -0.491 e. The van der Waals surface area contributed by atoms with E-state index in [1.165, 1.54) is 6.92 Å². The van der Waals surface area contributed by atoms with Gasteiger partial charge in [0, 0.05) is 18.1 Å². The molecule has 25 heavy (non-hydrogen) atoms. The highest BCUT2D eigenvalue weighted by Crippen LogP contribution is 2.28. The molecule has 2 rings (SSSR count). The molecule has 1 aliphatic heterocycles. The van der Waals surface area contributed by atoms with Gasteiger partial charge in [0.2, 0.25) is 5.91 Å². The second kappa shape index (κ2) is 8.30. The van der Waals surface area contributed by atoms with Crippen LogP contribution in [0, 0.1) is 0 Å². The number of carbonyl (C=O) groups is 2. The van der Waals surface area contributed by atoms with E-state index in [9.17, 15) is 9.59 Å². The monoisotopic (exact) mass is 342 g/mol. The normalized spacial score (nSPS) is 17.1. The van der Waals surface area contributed by atoms with Crippen LogP contribution in [0.5, 0.6) is 5.75 Å². The lowest BCUT2D eigenvalue weighted by Gasteiger charge is -2.28. The number of carbonyl (C=O) groups excluding carboxylic acids is 2. The van der Waals surface area contributed by atoms with Crippen LogP contribution in [0.2, 0.25) is 0 Å². The molecule has 2 N–H and O–H groups in total. The number of hydrogen-bond acceptors (Lipinski definition) is 4. The van der Waals surface area contributed by atoms with Gasteiger partial charge >= 0.3 is 0 Å². The first kappa shape index (κ1) is 18.5. The van der Waals surface area contributed by atoms with Crippen molar-refractivity contribution in [3.8, 4) is 5.75 Å². The fourth-order valence-corrected chi connectivity index (χ4v) is 2.62. The molecule has 1 aliphatic rings. The fourth-order valence-electron chi connectivity index (χ4n) is 2.62. The summed E-state index contributed by atoms with van der Waals surface area (Å²) in [5, 5.41) is 8.76. The molecule has 1 aromatic carbocycles. The van der Waals surface area contributed by atoms with Crippen LogP contribution in [0.25, 0.3) is 0 Å². The second-order valence-corrected chi connectivity index (χ2v) is 5.70. The van der Waals surface area contributed by atoms with Crippen LogP contribution in [0.1, 0.15) is 29.8 Å². The molecule has 2 amide bonds. The van der Waals surface area contributed by atoms with E-state index >= 15 is 0 Å². The molecule has 0 radical (unpaired) electrons. The molecule has 0 spiro atoms. The Labute approximate surface area is 147 Å². The predicted octanol–water partition coefficient (Wildman–Crippen LogP) is 2.60. The summed E-state index contributed by atoms with van der Waals surface area (Å²) in [4.78, 5) is 25.4. The molecule has 0 aromatic heterocycles. The third kappa shape index (κ3) is 4.36. The molecule has 0 aliphatic carbocycles. The standard InChI is InChI=1S/C19H22N2O4/c1-4-5-6-7-13(2)17-12-25-18-10-15(19(23)20-24)8-9-16(18)11-21(17)14(3)22/h4-10,17,24H,2,11-12H2,1,3H3,(H,20,23)/b5-4-,7-6-/t17-/m1/s1. The Morgan fingerprint density at radius 3 is 2.80 bits per heavy atom. The van der Waals surface area contributed by atoms with Crippen molar-refractivity contribution in [3.05, 3.63) is 65.8 Å². The van der Waals surface area contributed by atoms with Gasteiger partial charge in [0.25, 0.3) is 5.91 Å². The summed E-state index contributed by atoms with van der Waals surface area (Å²) in [6.07, 6.45) is 7.50. The molecule has 6 heteroatoms. The molecule has 0 bridgehead atoms. The maximum absolute atomic E-state index is 12.1. The van der Waals surface area contributed by atoms with Crippen molar-refractivity contribution in [3.63, 3.8) is 0 Å². The van der Waals surface area contributed by atoms with Gasteiger partial charge in [-0.3, -0.25) is 14.8 Å². The lowest BCUT2D eigenvalue weighted by atomic mass is 10.1. The number of nitrogens with zero attached hydrogens (tertiary/aromatic N) is 1. The maximum Gasteiger partial charge on any atom is 0.274 e. The summed E-state index contributed by atoms with van der Waals surface area (Å²) in [5.41, 5.74) is 3.42. The van der Waals surface area contributed by atoms with Crippen LogP contribution in [-0.2, 0) is 11.3 Å². The van der Waals surface area contributed by atoms with Gasteiger partial charge in [0.15, 0.2) is 0 Å². The molecule has 0 saturated heterocycles. The van der Waals surface area contributed by atoms with Crippen molar-refractivity contribution >= 4 is 11.8 Å². The van der Waals surface area contributed by atoms with Crippen LogP contribution >= 0.6 is 0 Å². The van der Waals surface area contributed by atoms with Crippen molar-refractivity contribution in [2.75, 3.05) is 6.61 Å². The molecular formula is C19H22N2O4. The topological polar surface area (TPSA) is 78.9 Å². The summed E-state index contributed by atoms with van der Waals surface area (Å²) in [5.74, 6) is -0.186. The number of ether oxygens (including phenoxy) is 1. The molecule has 1 aromatic rings. The Hall–Kier alpha value is -2.86. The first-order valence-corrected chi connectivity index (χ1v) is 7.93. The molecule has 0 unspecified atom stereocenters. The van der Waals surface area contributed by atoms with Gasteiger partial charge < -0.3 is 9.64 Å². The van der Waals surface area contributed by atoms with Gasteiger partial charge in [-0.1, -0.05) is 36.9 Å². The van der Waals surface area contributed by atoms with Crippen LogP contribution < -0.4 is 10.2 Å². The number of allylic oxidation sites excluding steroid dienone is 3. The number of hydrogen-bond donors (Lipinski definition) is 2. The Morgan fingerprint density at radius 1 is 1.40 bits per heavy atom. The number of rotatable bonds is 4.